The van der Waals surface area contributed by atoms with Crippen molar-refractivity contribution in [2.24, 2.45) is 0 Å². The summed E-state index contributed by atoms with van der Waals surface area (Å²) in [5.41, 5.74) is 2.15. The van der Waals surface area contributed by atoms with E-state index in [0.717, 1.165) is 17.5 Å². The Kier molecular flexibility index (Phi) is 4.58. The molecule has 2 rings (SSSR count). The Morgan fingerprint density at radius 1 is 0.905 bits per heavy atom. The van der Waals surface area contributed by atoms with Gasteiger partial charge in [-0.3, -0.25) is 0 Å². The minimum atomic E-state index is 0.139. The Hall–Kier alpha value is -2.36. The lowest BCUT2D eigenvalue weighted by Crippen LogP contribution is -1.99. The van der Waals surface area contributed by atoms with E-state index in [4.69, 9.17) is 9.47 Å². The van der Waals surface area contributed by atoms with Crippen LogP contribution in [0.3, 0.4) is 0 Å². The normalized spacial score (nSPS) is 12.0. The molecular weight excluding hydrogens is 268 g/mol. The summed E-state index contributed by atoms with van der Waals surface area (Å²) in [6, 6.07) is 10.7. The first-order valence-corrected chi connectivity index (χ1v) is 6.78. The lowest BCUT2D eigenvalue weighted by molar-refractivity contribution is 0.372. The zero-order valence-corrected chi connectivity index (χ0v) is 12.5. The van der Waals surface area contributed by atoms with Crippen molar-refractivity contribution in [1.82, 2.24) is 0 Å². The Morgan fingerprint density at radius 2 is 1.48 bits per heavy atom. The molecule has 0 spiro atoms. The van der Waals surface area contributed by atoms with Crippen LogP contribution < -0.4 is 9.47 Å². The molecule has 4 nitrogen and oxygen atoms in total. The Labute approximate surface area is 124 Å². The Balaban J connectivity index is 2.19. The molecule has 1 atom stereocenters. The van der Waals surface area contributed by atoms with Gasteiger partial charge in [0.25, 0.3) is 0 Å². The highest BCUT2D eigenvalue weighted by Gasteiger charge is 2.11. The first-order valence-electron chi connectivity index (χ1n) is 6.78. The summed E-state index contributed by atoms with van der Waals surface area (Å²) in [5, 5.41) is 19.3. The topological polar surface area (TPSA) is 58.9 Å². The molecule has 0 amide bonds. The molecule has 0 aliphatic rings. The summed E-state index contributed by atoms with van der Waals surface area (Å²) in [6.07, 6.45) is 0.796. The summed E-state index contributed by atoms with van der Waals surface area (Å²) in [5.74, 6) is 1.47. The molecule has 0 saturated carbocycles. The predicted molar refractivity (Wildman–Crippen MR) is 81.4 cm³/mol. The second-order valence-electron chi connectivity index (χ2n) is 5.04. The second-order valence-corrected chi connectivity index (χ2v) is 5.04. The van der Waals surface area contributed by atoms with Crippen LogP contribution in [-0.2, 0) is 6.42 Å². The Morgan fingerprint density at radius 3 is 2.10 bits per heavy atom. The van der Waals surface area contributed by atoms with Gasteiger partial charge in [-0.2, -0.15) is 0 Å². The highest BCUT2D eigenvalue weighted by atomic mass is 16.5. The van der Waals surface area contributed by atoms with Gasteiger partial charge in [-0.15, -0.1) is 0 Å². The first-order chi connectivity index (χ1) is 10.0. The predicted octanol–water partition coefficient (Wildman–Crippen LogP) is 3.46. The van der Waals surface area contributed by atoms with Gasteiger partial charge in [-0.05, 0) is 47.7 Å². The van der Waals surface area contributed by atoms with Gasteiger partial charge >= 0.3 is 0 Å². The van der Waals surface area contributed by atoms with E-state index in [-0.39, 0.29) is 17.4 Å². The first kappa shape index (κ1) is 15.0. The van der Waals surface area contributed by atoms with Crippen LogP contribution in [0.1, 0.15) is 24.0 Å². The minimum Gasteiger partial charge on any atom is -0.504 e. The Bertz CT molecular complexity index is 622. The number of hydrogen-bond donors (Lipinski definition) is 2. The van der Waals surface area contributed by atoms with Gasteiger partial charge in [0.15, 0.2) is 23.0 Å². The molecule has 0 aromatic heterocycles. The van der Waals surface area contributed by atoms with Gasteiger partial charge < -0.3 is 19.7 Å². The molecule has 0 aliphatic heterocycles. The molecule has 2 aromatic rings. The maximum Gasteiger partial charge on any atom is 0.160 e. The number of ether oxygens (including phenoxy) is 2. The van der Waals surface area contributed by atoms with Crippen LogP contribution in [0.2, 0.25) is 0 Å². The molecule has 2 aromatic carbocycles. The number of methoxy groups -OCH3 is 2. The van der Waals surface area contributed by atoms with E-state index in [1.807, 2.05) is 24.3 Å². The third kappa shape index (κ3) is 3.40. The van der Waals surface area contributed by atoms with E-state index in [2.05, 4.69) is 6.92 Å². The van der Waals surface area contributed by atoms with Crippen molar-refractivity contribution in [1.29, 1.82) is 0 Å². The monoisotopic (exact) mass is 288 g/mol. The van der Waals surface area contributed by atoms with E-state index in [1.54, 1.807) is 12.1 Å². The molecule has 0 aliphatic carbocycles. The summed E-state index contributed by atoms with van der Waals surface area (Å²) in [6.45, 7) is 2.10. The summed E-state index contributed by atoms with van der Waals surface area (Å²) >= 11 is 0. The molecule has 21 heavy (non-hydrogen) atoms. The van der Waals surface area contributed by atoms with Crippen molar-refractivity contribution in [2.75, 3.05) is 14.2 Å². The largest absolute Gasteiger partial charge is 0.504 e. The molecule has 0 heterocycles. The number of rotatable bonds is 5. The van der Waals surface area contributed by atoms with Crippen molar-refractivity contribution < 1.29 is 19.7 Å². The van der Waals surface area contributed by atoms with Gasteiger partial charge in [0.1, 0.15) is 0 Å². The maximum absolute atomic E-state index is 9.64. The smallest absolute Gasteiger partial charge is 0.160 e. The summed E-state index contributed by atoms with van der Waals surface area (Å²) in [7, 11) is 3.07. The lowest BCUT2D eigenvalue weighted by Gasteiger charge is -2.15. The number of phenols is 2. The van der Waals surface area contributed by atoms with Crippen molar-refractivity contribution in [3.05, 3.63) is 47.5 Å². The minimum absolute atomic E-state index is 0.139. The third-order valence-corrected chi connectivity index (χ3v) is 3.56. The van der Waals surface area contributed by atoms with Crippen LogP contribution in [0.4, 0.5) is 0 Å². The average molecular weight is 288 g/mol. The fourth-order valence-corrected chi connectivity index (χ4v) is 2.32. The summed E-state index contributed by atoms with van der Waals surface area (Å²) in [4.78, 5) is 0. The SMILES string of the molecule is COc1cc(CC(C)c2ccc(O)c(OC)c2)ccc1O. The van der Waals surface area contributed by atoms with Crippen molar-refractivity contribution in [3.8, 4) is 23.0 Å². The molecule has 2 N–H and O–H groups in total. The van der Waals surface area contributed by atoms with Gasteiger partial charge in [-0.25, -0.2) is 0 Å². The van der Waals surface area contributed by atoms with Crippen LogP contribution in [0.15, 0.2) is 36.4 Å². The van der Waals surface area contributed by atoms with Crippen LogP contribution in [-0.4, -0.2) is 24.4 Å². The van der Waals surface area contributed by atoms with Crippen molar-refractivity contribution >= 4 is 0 Å². The zero-order valence-electron chi connectivity index (χ0n) is 12.5. The highest BCUT2D eigenvalue weighted by Crippen LogP contribution is 2.32. The van der Waals surface area contributed by atoms with Crippen LogP contribution in [0.25, 0.3) is 0 Å². The molecule has 0 fully saturated rings. The molecule has 0 bridgehead atoms. The van der Waals surface area contributed by atoms with Crippen molar-refractivity contribution in [3.63, 3.8) is 0 Å². The number of hydrogen-bond acceptors (Lipinski definition) is 4. The lowest BCUT2D eigenvalue weighted by atomic mass is 9.93. The van der Waals surface area contributed by atoms with Gasteiger partial charge in [-0.1, -0.05) is 19.1 Å². The van der Waals surface area contributed by atoms with E-state index < -0.39 is 0 Å². The molecular formula is C17H20O4. The van der Waals surface area contributed by atoms with Crippen LogP contribution >= 0.6 is 0 Å². The van der Waals surface area contributed by atoms with Crippen molar-refractivity contribution in [2.45, 2.75) is 19.3 Å². The molecule has 112 valence electrons. The van der Waals surface area contributed by atoms with E-state index >= 15 is 0 Å². The van der Waals surface area contributed by atoms with Gasteiger partial charge in [0, 0.05) is 0 Å². The average Bonchev–Trinajstić information content (AvgIpc) is 2.49. The van der Waals surface area contributed by atoms with Crippen LogP contribution in [0, 0.1) is 0 Å². The standard InChI is InChI=1S/C17H20O4/c1-11(13-5-7-15(19)17(10-13)21-3)8-12-4-6-14(18)16(9-12)20-2/h4-7,9-11,18-19H,8H2,1-3H3. The zero-order chi connectivity index (χ0) is 15.4. The highest BCUT2D eigenvalue weighted by molar-refractivity contribution is 5.44. The maximum atomic E-state index is 9.64. The molecule has 4 heteroatoms. The number of aromatic hydroxyl groups is 2. The number of benzene rings is 2. The van der Waals surface area contributed by atoms with E-state index in [1.165, 1.54) is 14.2 Å². The third-order valence-electron chi connectivity index (χ3n) is 3.56. The van der Waals surface area contributed by atoms with Crippen LogP contribution in [0.5, 0.6) is 23.0 Å². The van der Waals surface area contributed by atoms with Gasteiger partial charge in [0.05, 0.1) is 14.2 Å². The van der Waals surface area contributed by atoms with E-state index in [9.17, 15) is 10.2 Å². The summed E-state index contributed by atoms with van der Waals surface area (Å²) < 4.78 is 10.3. The van der Waals surface area contributed by atoms with E-state index in [0.29, 0.717) is 11.5 Å². The fourth-order valence-electron chi connectivity index (χ4n) is 2.32. The quantitative estimate of drug-likeness (QED) is 0.884. The molecule has 1 unspecified atom stereocenters. The molecule has 0 saturated heterocycles. The molecule has 0 radical (unpaired) electrons. The fraction of sp³-hybridized carbons (Fsp3) is 0.294. The second kappa shape index (κ2) is 6.39. The van der Waals surface area contributed by atoms with Gasteiger partial charge in [0.2, 0.25) is 0 Å². The number of phenolic OH excluding ortho intramolecular Hbond substituents is 2.